The van der Waals surface area contributed by atoms with E-state index in [2.05, 4.69) is 61.7 Å². The minimum Gasteiger partial charge on any atom is -0.324 e. The molecular weight excluding hydrogens is 304 g/mol. The van der Waals surface area contributed by atoms with Gasteiger partial charge < -0.3 is 10.6 Å². The van der Waals surface area contributed by atoms with Crippen LogP contribution in [0.15, 0.2) is 24.5 Å². The van der Waals surface area contributed by atoms with Crippen LogP contribution in [0.3, 0.4) is 0 Å². The number of hydrogen-bond acceptors (Lipinski definition) is 6. The van der Waals surface area contributed by atoms with E-state index in [9.17, 15) is 0 Å². The maximum Gasteiger partial charge on any atom is 0.225 e. The van der Waals surface area contributed by atoms with Gasteiger partial charge in [0.15, 0.2) is 6.17 Å². The van der Waals surface area contributed by atoms with Gasteiger partial charge in [-0.25, -0.2) is 19.9 Å². The third-order valence-electron chi connectivity index (χ3n) is 2.73. The fourth-order valence-corrected chi connectivity index (χ4v) is 2.27. The van der Waals surface area contributed by atoms with Crippen LogP contribution in [-0.4, -0.2) is 34.2 Å². The summed E-state index contributed by atoms with van der Waals surface area (Å²) in [4.78, 5) is 17.2. The zero-order chi connectivity index (χ0) is 16.9. The van der Waals surface area contributed by atoms with E-state index in [0.717, 1.165) is 11.4 Å². The van der Waals surface area contributed by atoms with E-state index in [-0.39, 0.29) is 6.17 Å². The average molecular weight is 326 g/mol. The maximum absolute atomic E-state index is 4.36. The number of rotatable bonds is 4. The second kappa shape index (κ2) is 7.20. The molecule has 7 heteroatoms. The summed E-state index contributed by atoms with van der Waals surface area (Å²) in [6.07, 6.45) is 3.08. The van der Waals surface area contributed by atoms with Gasteiger partial charge in [-0.1, -0.05) is 25.6 Å². The molecule has 0 aliphatic rings. The van der Waals surface area contributed by atoms with Gasteiger partial charge in [0.05, 0.1) is 0 Å². The van der Waals surface area contributed by atoms with E-state index < -0.39 is 8.07 Å². The summed E-state index contributed by atoms with van der Waals surface area (Å²) in [5, 5.41) is 6.39. The first kappa shape index (κ1) is 16.9. The molecule has 0 fully saturated rings. The smallest absolute Gasteiger partial charge is 0.225 e. The third-order valence-corrected chi connectivity index (χ3v) is 3.62. The second-order valence-electron chi connectivity index (χ2n) is 6.28. The summed E-state index contributed by atoms with van der Waals surface area (Å²) in [5.41, 5.74) is 5.13. The van der Waals surface area contributed by atoms with Crippen molar-refractivity contribution in [2.24, 2.45) is 0 Å². The quantitative estimate of drug-likeness (QED) is 0.511. The van der Waals surface area contributed by atoms with Crippen molar-refractivity contribution < 1.29 is 0 Å². The van der Waals surface area contributed by atoms with Gasteiger partial charge >= 0.3 is 0 Å². The Morgan fingerprint density at radius 3 is 1.78 bits per heavy atom. The van der Waals surface area contributed by atoms with E-state index >= 15 is 0 Å². The van der Waals surface area contributed by atoms with Crippen LogP contribution in [0.4, 0.5) is 11.9 Å². The Kier molecular flexibility index (Phi) is 5.29. The molecule has 2 rings (SSSR count). The first-order valence-corrected chi connectivity index (χ1v) is 11.0. The summed E-state index contributed by atoms with van der Waals surface area (Å²) in [5.74, 6) is 4.28. The van der Waals surface area contributed by atoms with Crippen LogP contribution in [0.25, 0.3) is 0 Å². The molecule has 0 radical (unpaired) electrons. The molecule has 6 nitrogen and oxygen atoms in total. The molecule has 0 saturated heterocycles. The monoisotopic (exact) mass is 326 g/mol. The van der Waals surface area contributed by atoms with E-state index in [1.165, 1.54) is 0 Å². The Labute approximate surface area is 138 Å². The lowest BCUT2D eigenvalue weighted by Crippen LogP contribution is -2.30. The zero-order valence-electron chi connectivity index (χ0n) is 14.2. The summed E-state index contributed by atoms with van der Waals surface area (Å²) in [6, 6.07) is 3.70. The molecule has 0 aromatic carbocycles. The number of nitrogens with zero attached hydrogens (tertiary/aromatic N) is 4. The van der Waals surface area contributed by atoms with Crippen molar-refractivity contribution in [3.63, 3.8) is 0 Å². The highest BCUT2D eigenvalue weighted by molar-refractivity contribution is 6.83. The van der Waals surface area contributed by atoms with Crippen LogP contribution < -0.4 is 10.6 Å². The molecule has 0 atom stereocenters. The molecule has 0 spiro atoms. The Morgan fingerprint density at radius 2 is 1.39 bits per heavy atom. The molecule has 0 bridgehead atoms. The van der Waals surface area contributed by atoms with Gasteiger partial charge in [-0.05, 0) is 26.0 Å². The highest BCUT2D eigenvalue weighted by Crippen LogP contribution is 2.06. The molecule has 2 heterocycles. The van der Waals surface area contributed by atoms with Crippen LogP contribution in [0, 0.1) is 25.3 Å². The van der Waals surface area contributed by atoms with Crippen LogP contribution in [0.5, 0.6) is 0 Å². The van der Waals surface area contributed by atoms with Crippen molar-refractivity contribution in [3.8, 4) is 11.5 Å². The van der Waals surface area contributed by atoms with Gasteiger partial charge in [0.1, 0.15) is 8.07 Å². The van der Waals surface area contributed by atoms with Crippen molar-refractivity contribution >= 4 is 20.0 Å². The minimum absolute atomic E-state index is 0.356. The number of aromatic nitrogens is 4. The van der Waals surface area contributed by atoms with Crippen LogP contribution in [-0.2, 0) is 0 Å². The maximum atomic E-state index is 4.36. The van der Waals surface area contributed by atoms with Crippen LogP contribution in [0.2, 0.25) is 19.6 Å². The van der Waals surface area contributed by atoms with Gasteiger partial charge in [-0.3, -0.25) is 0 Å². The normalized spacial score (nSPS) is 10.9. The summed E-state index contributed by atoms with van der Waals surface area (Å²) in [6.45, 7) is 10.4. The predicted molar refractivity (Wildman–Crippen MR) is 95.7 cm³/mol. The first-order chi connectivity index (χ1) is 10.8. The van der Waals surface area contributed by atoms with Crippen LogP contribution in [0.1, 0.15) is 11.4 Å². The lowest BCUT2D eigenvalue weighted by molar-refractivity contribution is 0.946. The highest BCUT2D eigenvalue weighted by Gasteiger charge is 2.12. The molecule has 0 aliphatic carbocycles. The largest absolute Gasteiger partial charge is 0.324 e. The average Bonchev–Trinajstić information content (AvgIpc) is 2.44. The van der Waals surface area contributed by atoms with Crippen molar-refractivity contribution in [1.82, 2.24) is 19.9 Å². The molecule has 0 saturated carbocycles. The molecular formula is C16H22N6Si. The molecule has 2 aromatic heterocycles. The van der Waals surface area contributed by atoms with Crippen LogP contribution >= 0.6 is 0 Å². The predicted octanol–water partition coefficient (Wildman–Crippen LogP) is 2.61. The number of hydrogen-bond donors (Lipinski definition) is 2. The van der Waals surface area contributed by atoms with Crippen molar-refractivity contribution in [3.05, 3.63) is 35.9 Å². The number of nitrogens with one attached hydrogen (secondary N) is 2. The summed E-state index contributed by atoms with van der Waals surface area (Å²) >= 11 is 0. The zero-order valence-corrected chi connectivity index (χ0v) is 15.2. The van der Waals surface area contributed by atoms with Crippen molar-refractivity contribution in [1.29, 1.82) is 0 Å². The van der Waals surface area contributed by atoms with E-state index in [0.29, 0.717) is 11.9 Å². The lowest BCUT2D eigenvalue weighted by atomic mass is 10.4. The van der Waals surface area contributed by atoms with Gasteiger partial charge in [-0.15, -0.1) is 5.54 Å². The molecule has 0 amide bonds. The Bertz CT molecular complexity index is 682. The molecule has 23 heavy (non-hydrogen) atoms. The number of aryl methyl sites for hydroxylation is 2. The van der Waals surface area contributed by atoms with Crippen molar-refractivity contribution in [2.45, 2.75) is 39.7 Å². The lowest BCUT2D eigenvalue weighted by Gasteiger charge is -2.16. The Balaban J connectivity index is 2.22. The third kappa shape index (κ3) is 6.04. The summed E-state index contributed by atoms with van der Waals surface area (Å²) < 4.78 is 0. The standard InChI is InChI=1S/C16H22N6Si/c1-12-6-9-17-15(19-12)21-14(8-11-23(3,4)5)22-16-18-10-7-13(2)20-16/h6-7,9-10,14H,1-5H3,(H,17,19,21)(H,18,20,22). The van der Waals surface area contributed by atoms with E-state index in [4.69, 9.17) is 0 Å². The van der Waals surface area contributed by atoms with E-state index in [1.54, 1.807) is 12.4 Å². The molecule has 2 N–H and O–H groups in total. The summed E-state index contributed by atoms with van der Waals surface area (Å²) in [7, 11) is -1.50. The van der Waals surface area contributed by atoms with Gasteiger partial charge in [0.25, 0.3) is 0 Å². The molecule has 0 unspecified atom stereocenters. The van der Waals surface area contributed by atoms with Gasteiger partial charge in [0.2, 0.25) is 11.9 Å². The SMILES string of the molecule is Cc1ccnc(NC(C#C[Si](C)(C)C)Nc2nccc(C)n2)n1. The molecule has 0 aliphatic heterocycles. The Morgan fingerprint density at radius 1 is 0.913 bits per heavy atom. The first-order valence-electron chi connectivity index (χ1n) is 7.47. The highest BCUT2D eigenvalue weighted by atomic mass is 28.3. The minimum atomic E-state index is -1.50. The van der Waals surface area contributed by atoms with Gasteiger partial charge in [0, 0.05) is 23.8 Å². The van der Waals surface area contributed by atoms with Crippen molar-refractivity contribution in [2.75, 3.05) is 10.6 Å². The second-order valence-corrected chi connectivity index (χ2v) is 11.0. The fourth-order valence-electron chi connectivity index (χ4n) is 1.69. The van der Waals surface area contributed by atoms with E-state index in [1.807, 2.05) is 26.0 Å². The fraction of sp³-hybridized carbons (Fsp3) is 0.375. The Hall–Kier alpha value is -2.46. The molecule has 2 aromatic rings. The number of anilines is 2. The topological polar surface area (TPSA) is 75.6 Å². The van der Waals surface area contributed by atoms with Gasteiger partial charge in [-0.2, -0.15) is 0 Å². The molecule has 120 valence electrons.